The lowest BCUT2D eigenvalue weighted by Gasteiger charge is -2.24. The second-order valence-corrected chi connectivity index (χ2v) is 8.03. The van der Waals surface area contributed by atoms with Gasteiger partial charge in [0, 0.05) is 16.8 Å². The van der Waals surface area contributed by atoms with E-state index in [4.69, 9.17) is 9.47 Å². The molecule has 0 fully saturated rings. The van der Waals surface area contributed by atoms with E-state index in [1.165, 1.54) is 4.88 Å². The lowest BCUT2D eigenvalue weighted by Crippen LogP contribution is -2.24. The van der Waals surface area contributed by atoms with Crippen LogP contribution in [0.4, 0.5) is 5.82 Å². The Morgan fingerprint density at radius 2 is 1.86 bits per heavy atom. The number of hydrogen-bond acceptors (Lipinski definition) is 6. The fraction of sp³-hybridized carbons (Fsp3) is 0.217. The predicted octanol–water partition coefficient (Wildman–Crippen LogP) is 5.50. The summed E-state index contributed by atoms with van der Waals surface area (Å²) in [5.74, 6) is 2.56. The monoisotopic (exact) mass is 403 g/mol. The van der Waals surface area contributed by atoms with Crippen LogP contribution in [0.5, 0.6) is 11.5 Å². The lowest BCUT2D eigenvalue weighted by atomic mass is 10.0. The summed E-state index contributed by atoms with van der Waals surface area (Å²) < 4.78 is 11.0. The standard InChI is InChI=1S/C23H21N3O2S/c1-2-9-26(13-18-4-3-10-29-18)23-19-11-16(5-7-20(19)24-14-25-23)17-6-8-21-22(12-17)28-15-27-21/h3-8,10-12,14H,2,9,13,15H2,1H3. The van der Waals surface area contributed by atoms with E-state index in [9.17, 15) is 0 Å². The number of ether oxygens (including phenoxy) is 2. The molecule has 5 rings (SSSR count). The highest BCUT2D eigenvalue weighted by Gasteiger charge is 2.16. The first kappa shape index (κ1) is 17.9. The number of fused-ring (bicyclic) bond motifs is 2. The first-order valence-electron chi connectivity index (χ1n) is 9.74. The van der Waals surface area contributed by atoms with Gasteiger partial charge in [-0.05, 0) is 53.3 Å². The van der Waals surface area contributed by atoms with E-state index < -0.39 is 0 Å². The molecule has 1 aliphatic heterocycles. The molecule has 0 unspecified atom stereocenters. The van der Waals surface area contributed by atoms with E-state index in [1.807, 2.05) is 12.1 Å². The second kappa shape index (κ2) is 7.72. The Morgan fingerprint density at radius 3 is 2.72 bits per heavy atom. The Bertz CT molecular complexity index is 1140. The molecule has 0 saturated heterocycles. The van der Waals surface area contributed by atoms with Gasteiger partial charge in [-0.1, -0.05) is 25.1 Å². The van der Waals surface area contributed by atoms with Gasteiger partial charge in [-0.3, -0.25) is 0 Å². The molecule has 2 aromatic heterocycles. The van der Waals surface area contributed by atoms with Crippen LogP contribution in [0.2, 0.25) is 0 Å². The molecule has 2 aromatic carbocycles. The molecule has 0 aliphatic carbocycles. The second-order valence-electron chi connectivity index (χ2n) is 7.00. The number of anilines is 1. The summed E-state index contributed by atoms with van der Waals surface area (Å²) >= 11 is 1.78. The molecule has 0 atom stereocenters. The number of hydrogen-bond donors (Lipinski definition) is 0. The third-order valence-electron chi connectivity index (χ3n) is 5.04. The third kappa shape index (κ3) is 3.51. The molecular formula is C23H21N3O2S. The van der Waals surface area contributed by atoms with E-state index in [1.54, 1.807) is 17.7 Å². The van der Waals surface area contributed by atoms with Crippen molar-refractivity contribution in [1.29, 1.82) is 0 Å². The quantitative estimate of drug-likeness (QED) is 0.425. The molecule has 1 aliphatic rings. The Balaban J connectivity index is 1.57. The first-order chi connectivity index (χ1) is 14.3. The van der Waals surface area contributed by atoms with Gasteiger partial charge in [0.1, 0.15) is 12.1 Å². The molecule has 6 heteroatoms. The van der Waals surface area contributed by atoms with Gasteiger partial charge in [-0.25, -0.2) is 9.97 Å². The molecule has 5 nitrogen and oxygen atoms in total. The molecular weight excluding hydrogens is 382 g/mol. The zero-order chi connectivity index (χ0) is 19.6. The average Bonchev–Trinajstić information content (AvgIpc) is 3.44. The molecule has 0 spiro atoms. The molecule has 0 N–H and O–H groups in total. The van der Waals surface area contributed by atoms with Crippen molar-refractivity contribution in [3.63, 3.8) is 0 Å². The number of aromatic nitrogens is 2. The van der Waals surface area contributed by atoms with Crippen LogP contribution in [0, 0.1) is 0 Å². The van der Waals surface area contributed by atoms with Gasteiger partial charge in [0.15, 0.2) is 11.5 Å². The zero-order valence-corrected chi connectivity index (χ0v) is 17.0. The summed E-state index contributed by atoms with van der Waals surface area (Å²) in [5, 5.41) is 3.18. The van der Waals surface area contributed by atoms with Crippen LogP contribution in [0.15, 0.2) is 60.2 Å². The van der Waals surface area contributed by atoms with Gasteiger partial charge >= 0.3 is 0 Å². The molecule has 0 amide bonds. The van der Waals surface area contributed by atoms with Crippen LogP contribution >= 0.6 is 11.3 Å². The Kier molecular flexibility index (Phi) is 4.77. The van der Waals surface area contributed by atoms with E-state index >= 15 is 0 Å². The van der Waals surface area contributed by atoms with E-state index in [2.05, 4.69) is 63.6 Å². The summed E-state index contributed by atoms with van der Waals surface area (Å²) in [6.45, 7) is 4.27. The van der Waals surface area contributed by atoms with Gasteiger partial charge in [-0.15, -0.1) is 11.3 Å². The molecule has 146 valence electrons. The van der Waals surface area contributed by atoms with Crippen LogP contribution < -0.4 is 14.4 Å². The maximum absolute atomic E-state index is 5.55. The highest BCUT2D eigenvalue weighted by Crippen LogP contribution is 2.37. The minimum absolute atomic E-state index is 0.281. The van der Waals surface area contributed by atoms with E-state index in [0.717, 1.165) is 58.9 Å². The minimum Gasteiger partial charge on any atom is -0.454 e. The van der Waals surface area contributed by atoms with Crippen molar-refractivity contribution in [2.45, 2.75) is 19.9 Å². The van der Waals surface area contributed by atoms with Gasteiger partial charge in [-0.2, -0.15) is 0 Å². The van der Waals surface area contributed by atoms with Crippen LogP contribution in [0.25, 0.3) is 22.0 Å². The molecule has 4 aromatic rings. The number of rotatable bonds is 6. The largest absolute Gasteiger partial charge is 0.454 e. The Hall–Kier alpha value is -3.12. The van der Waals surface area contributed by atoms with Gasteiger partial charge in [0.25, 0.3) is 0 Å². The van der Waals surface area contributed by atoms with Crippen molar-refractivity contribution < 1.29 is 9.47 Å². The van der Waals surface area contributed by atoms with Crippen molar-refractivity contribution in [2.24, 2.45) is 0 Å². The van der Waals surface area contributed by atoms with Gasteiger partial charge in [0.2, 0.25) is 6.79 Å². The maximum Gasteiger partial charge on any atom is 0.231 e. The molecule has 0 radical (unpaired) electrons. The SMILES string of the molecule is CCCN(Cc1cccs1)c1ncnc2ccc(-c3ccc4c(c3)OCO4)cc12. The van der Waals surface area contributed by atoms with Crippen LogP contribution in [0.3, 0.4) is 0 Å². The third-order valence-corrected chi connectivity index (χ3v) is 5.90. The number of thiophene rings is 1. The van der Waals surface area contributed by atoms with Crippen LogP contribution in [-0.2, 0) is 6.54 Å². The number of benzene rings is 2. The van der Waals surface area contributed by atoms with Crippen LogP contribution in [0.1, 0.15) is 18.2 Å². The first-order valence-corrected chi connectivity index (χ1v) is 10.6. The zero-order valence-electron chi connectivity index (χ0n) is 16.2. The highest BCUT2D eigenvalue weighted by atomic mass is 32.1. The fourth-order valence-corrected chi connectivity index (χ4v) is 4.39. The molecule has 3 heterocycles. The minimum atomic E-state index is 0.281. The predicted molar refractivity (Wildman–Crippen MR) is 117 cm³/mol. The van der Waals surface area contributed by atoms with E-state index in [-0.39, 0.29) is 6.79 Å². The van der Waals surface area contributed by atoms with Gasteiger partial charge in [0.05, 0.1) is 12.1 Å². The smallest absolute Gasteiger partial charge is 0.231 e. The van der Waals surface area contributed by atoms with Gasteiger partial charge < -0.3 is 14.4 Å². The summed E-state index contributed by atoms with van der Waals surface area (Å²) in [5.41, 5.74) is 3.15. The van der Waals surface area contributed by atoms with Crippen molar-refractivity contribution in [3.05, 3.63) is 65.1 Å². The summed E-state index contributed by atoms with van der Waals surface area (Å²) in [4.78, 5) is 12.8. The van der Waals surface area contributed by atoms with Crippen molar-refractivity contribution in [1.82, 2.24) is 9.97 Å². The summed E-state index contributed by atoms with van der Waals surface area (Å²) in [6, 6.07) is 16.7. The Morgan fingerprint density at radius 1 is 1.00 bits per heavy atom. The van der Waals surface area contributed by atoms with Crippen LogP contribution in [-0.4, -0.2) is 23.3 Å². The molecule has 29 heavy (non-hydrogen) atoms. The Labute approximate surface area is 173 Å². The molecule has 0 bridgehead atoms. The summed E-state index contributed by atoms with van der Waals surface area (Å²) in [7, 11) is 0. The van der Waals surface area contributed by atoms with Crippen molar-refractivity contribution in [3.8, 4) is 22.6 Å². The van der Waals surface area contributed by atoms with Crippen molar-refractivity contribution >= 4 is 28.1 Å². The normalized spacial score (nSPS) is 12.4. The van der Waals surface area contributed by atoms with Crippen molar-refractivity contribution in [2.75, 3.05) is 18.2 Å². The average molecular weight is 404 g/mol. The maximum atomic E-state index is 5.55. The van der Waals surface area contributed by atoms with E-state index in [0.29, 0.717) is 0 Å². The topological polar surface area (TPSA) is 47.5 Å². The number of nitrogens with zero attached hydrogens (tertiary/aromatic N) is 3. The summed E-state index contributed by atoms with van der Waals surface area (Å²) in [6.07, 6.45) is 2.72. The fourth-order valence-electron chi connectivity index (χ4n) is 3.67. The lowest BCUT2D eigenvalue weighted by molar-refractivity contribution is 0.174. The highest BCUT2D eigenvalue weighted by molar-refractivity contribution is 7.09. The molecule has 0 saturated carbocycles.